The fraction of sp³-hybridized carbons (Fsp3) is 0.286. The first-order valence-electron chi connectivity index (χ1n) is 5.81. The highest BCUT2D eigenvalue weighted by Gasteiger charge is 2.39. The summed E-state index contributed by atoms with van der Waals surface area (Å²) in [6, 6.07) is 8.83. The van der Waals surface area contributed by atoms with E-state index in [0.29, 0.717) is 11.1 Å². The zero-order chi connectivity index (χ0) is 14.0. The first kappa shape index (κ1) is 13.7. The molecule has 3 N–H and O–H groups in total. The third-order valence-corrected chi connectivity index (χ3v) is 3.13. The van der Waals surface area contributed by atoms with E-state index in [9.17, 15) is 8.78 Å². The monoisotopic (exact) mass is 267 g/mol. The molecule has 0 spiro atoms. The largest absolute Gasteiger partial charge is 0.496 e. The lowest BCUT2D eigenvalue weighted by Gasteiger charge is -2.24. The third kappa shape index (κ3) is 2.39. The van der Waals surface area contributed by atoms with Gasteiger partial charge < -0.3 is 15.6 Å². The molecule has 0 aliphatic carbocycles. The fourth-order valence-electron chi connectivity index (χ4n) is 2.08. The highest BCUT2D eigenvalue weighted by atomic mass is 19.3. The summed E-state index contributed by atoms with van der Waals surface area (Å²) in [6.07, 6.45) is 0. The molecular formula is C14H15F2NO2. The molecule has 0 aromatic heterocycles. The van der Waals surface area contributed by atoms with Gasteiger partial charge in [-0.05, 0) is 16.8 Å². The average molecular weight is 267 g/mol. The lowest BCUT2D eigenvalue weighted by Crippen LogP contribution is -2.36. The maximum absolute atomic E-state index is 13.6. The zero-order valence-electron chi connectivity index (χ0n) is 10.4. The van der Waals surface area contributed by atoms with Crippen LogP contribution in [0.3, 0.4) is 0 Å². The molecule has 3 nitrogen and oxygen atoms in total. The van der Waals surface area contributed by atoms with Gasteiger partial charge in [0.25, 0.3) is 5.92 Å². The smallest absolute Gasteiger partial charge is 0.289 e. The number of ether oxygens (including phenoxy) is 1. The summed E-state index contributed by atoms with van der Waals surface area (Å²) in [4.78, 5) is 0. The normalized spacial score (nSPS) is 13.5. The van der Waals surface area contributed by atoms with Gasteiger partial charge in [0.05, 0.1) is 7.11 Å². The Bertz CT molecular complexity index is 587. The molecule has 0 saturated carbocycles. The molecule has 2 aromatic rings. The van der Waals surface area contributed by atoms with Crippen LogP contribution in [0.25, 0.3) is 10.8 Å². The van der Waals surface area contributed by atoms with E-state index in [1.165, 1.54) is 7.11 Å². The molecule has 19 heavy (non-hydrogen) atoms. The zero-order valence-corrected chi connectivity index (χ0v) is 10.4. The van der Waals surface area contributed by atoms with Crippen LogP contribution in [0.2, 0.25) is 0 Å². The second-order valence-corrected chi connectivity index (χ2v) is 4.30. The van der Waals surface area contributed by atoms with Crippen LogP contribution >= 0.6 is 0 Å². The molecule has 1 atom stereocenters. The number of fused-ring (bicyclic) bond motifs is 1. The van der Waals surface area contributed by atoms with Gasteiger partial charge in [0, 0.05) is 5.56 Å². The fourth-order valence-corrected chi connectivity index (χ4v) is 2.08. The van der Waals surface area contributed by atoms with Gasteiger partial charge in [-0.2, -0.15) is 0 Å². The number of hydrogen-bond acceptors (Lipinski definition) is 3. The number of alkyl halides is 2. The van der Waals surface area contributed by atoms with Crippen LogP contribution in [-0.2, 0) is 0 Å². The maximum Gasteiger partial charge on any atom is 0.289 e. The number of hydrogen-bond donors (Lipinski definition) is 2. The van der Waals surface area contributed by atoms with Crippen molar-refractivity contribution in [3.8, 4) is 5.75 Å². The van der Waals surface area contributed by atoms with Gasteiger partial charge in [0.1, 0.15) is 18.4 Å². The van der Waals surface area contributed by atoms with Gasteiger partial charge in [-0.1, -0.05) is 30.3 Å². The molecule has 0 aliphatic rings. The minimum atomic E-state index is -3.41. The SMILES string of the molecule is COc1ccc2ccccc2c1[C@@H](N)C(F)(F)CO. The topological polar surface area (TPSA) is 55.5 Å². The Morgan fingerprint density at radius 3 is 2.58 bits per heavy atom. The lowest BCUT2D eigenvalue weighted by molar-refractivity contribution is -0.0712. The predicted molar refractivity (Wildman–Crippen MR) is 69.5 cm³/mol. The van der Waals surface area contributed by atoms with Crippen LogP contribution in [0.5, 0.6) is 5.75 Å². The summed E-state index contributed by atoms with van der Waals surface area (Å²) in [5.41, 5.74) is 5.84. The predicted octanol–water partition coefficient (Wildman–Crippen LogP) is 2.48. The van der Waals surface area contributed by atoms with Gasteiger partial charge in [0.15, 0.2) is 0 Å². The summed E-state index contributed by atoms with van der Waals surface area (Å²) in [5.74, 6) is -3.11. The van der Waals surface area contributed by atoms with Crippen LogP contribution in [0.4, 0.5) is 8.78 Å². The van der Waals surface area contributed by atoms with Crippen LogP contribution in [0.15, 0.2) is 36.4 Å². The molecule has 0 amide bonds. The lowest BCUT2D eigenvalue weighted by atomic mass is 9.94. The second-order valence-electron chi connectivity index (χ2n) is 4.30. The molecule has 0 saturated heterocycles. The summed E-state index contributed by atoms with van der Waals surface area (Å²) >= 11 is 0. The summed E-state index contributed by atoms with van der Waals surface area (Å²) in [5, 5.41) is 10.2. The first-order valence-corrected chi connectivity index (χ1v) is 5.81. The van der Waals surface area contributed by atoms with Crippen molar-refractivity contribution in [3.63, 3.8) is 0 Å². The molecule has 0 bridgehead atoms. The molecule has 0 unspecified atom stereocenters. The quantitative estimate of drug-likeness (QED) is 0.894. The number of aliphatic hydroxyl groups is 1. The van der Waals surface area contributed by atoms with Crippen LogP contribution in [-0.4, -0.2) is 24.7 Å². The Morgan fingerprint density at radius 1 is 1.26 bits per heavy atom. The van der Waals surface area contributed by atoms with E-state index in [4.69, 9.17) is 15.6 Å². The molecule has 0 aliphatic heterocycles. The maximum atomic E-state index is 13.6. The molecule has 0 radical (unpaired) electrons. The van der Waals surface area contributed by atoms with Crippen molar-refractivity contribution in [3.05, 3.63) is 42.0 Å². The van der Waals surface area contributed by atoms with Crippen LogP contribution < -0.4 is 10.5 Å². The minimum absolute atomic E-state index is 0.208. The highest BCUT2D eigenvalue weighted by Crippen LogP contribution is 2.38. The molecular weight excluding hydrogens is 252 g/mol. The Morgan fingerprint density at radius 2 is 1.95 bits per heavy atom. The Labute approximate surface area is 109 Å². The number of aliphatic hydroxyl groups excluding tert-OH is 1. The first-order chi connectivity index (χ1) is 9.01. The van der Waals surface area contributed by atoms with E-state index in [1.807, 2.05) is 12.1 Å². The van der Waals surface area contributed by atoms with Crippen LogP contribution in [0, 0.1) is 0 Å². The molecule has 0 heterocycles. The summed E-state index contributed by atoms with van der Waals surface area (Å²) < 4.78 is 32.4. The van der Waals surface area contributed by atoms with Crippen molar-refractivity contribution in [1.82, 2.24) is 0 Å². The van der Waals surface area contributed by atoms with E-state index >= 15 is 0 Å². The average Bonchev–Trinajstić information content (AvgIpc) is 2.45. The molecule has 102 valence electrons. The summed E-state index contributed by atoms with van der Waals surface area (Å²) in [7, 11) is 1.40. The standard InChI is InChI=1S/C14H15F2NO2/c1-19-11-7-6-9-4-2-3-5-10(9)12(11)13(17)14(15,16)8-18/h2-7,13,18H,8,17H2,1H3/t13-/m1/s1. The van der Waals surface area contributed by atoms with Crippen molar-refractivity contribution < 1.29 is 18.6 Å². The Hall–Kier alpha value is -1.72. The van der Waals surface area contributed by atoms with Crippen LogP contribution in [0.1, 0.15) is 11.6 Å². The van der Waals surface area contributed by atoms with E-state index < -0.39 is 18.6 Å². The second kappa shape index (κ2) is 5.11. The van der Waals surface area contributed by atoms with E-state index in [1.54, 1.807) is 24.3 Å². The minimum Gasteiger partial charge on any atom is -0.496 e. The number of nitrogens with two attached hydrogens (primary N) is 1. The van der Waals surface area contributed by atoms with Gasteiger partial charge >= 0.3 is 0 Å². The third-order valence-electron chi connectivity index (χ3n) is 3.13. The van der Waals surface area contributed by atoms with Crippen molar-refractivity contribution in [2.45, 2.75) is 12.0 Å². The number of benzene rings is 2. The highest BCUT2D eigenvalue weighted by molar-refractivity contribution is 5.88. The van der Waals surface area contributed by atoms with Gasteiger partial charge in [0.2, 0.25) is 0 Å². The summed E-state index contributed by atoms with van der Waals surface area (Å²) in [6.45, 7) is -1.31. The number of methoxy groups -OCH3 is 1. The van der Waals surface area contributed by atoms with Crippen molar-refractivity contribution in [2.24, 2.45) is 5.73 Å². The molecule has 5 heteroatoms. The number of halogens is 2. The van der Waals surface area contributed by atoms with E-state index in [-0.39, 0.29) is 5.56 Å². The van der Waals surface area contributed by atoms with Crippen molar-refractivity contribution >= 4 is 10.8 Å². The van der Waals surface area contributed by atoms with Gasteiger partial charge in [-0.25, -0.2) is 8.78 Å². The molecule has 0 fully saturated rings. The Balaban J connectivity index is 2.69. The van der Waals surface area contributed by atoms with Crippen molar-refractivity contribution in [1.29, 1.82) is 0 Å². The Kier molecular flexibility index (Phi) is 3.68. The van der Waals surface area contributed by atoms with Gasteiger partial charge in [-0.3, -0.25) is 0 Å². The number of rotatable bonds is 4. The van der Waals surface area contributed by atoms with E-state index in [0.717, 1.165) is 5.39 Å². The van der Waals surface area contributed by atoms with Crippen molar-refractivity contribution in [2.75, 3.05) is 13.7 Å². The van der Waals surface area contributed by atoms with E-state index in [2.05, 4.69) is 0 Å². The molecule has 2 aromatic carbocycles. The van der Waals surface area contributed by atoms with Gasteiger partial charge in [-0.15, -0.1) is 0 Å². The molecule has 2 rings (SSSR count).